The maximum absolute atomic E-state index is 5.64. The quantitative estimate of drug-likeness (QED) is 0.567. The zero-order chi connectivity index (χ0) is 12.3. The zero-order valence-corrected chi connectivity index (χ0v) is 10.6. The molecular formula is C12H22N4O. The number of hydrogen-bond acceptors (Lipinski definition) is 4. The molecule has 1 aromatic heterocycles. The summed E-state index contributed by atoms with van der Waals surface area (Å²) in [4.78, 5) is 4.33. The van der Waals surface area contributed by atoms with Gasteiger partial charge in [-0.25, -0.2) is 4.98 Å². The third kappa shape index (κ3) is 2.68. The van der Waals surface area contributed by atoms with Crippen molar-refractivity contribution in [1.82, 2.24) is 15.0 Å². The van der Waals surface area contributed by atoms with Gasteiger partial charge in [-0.3, -0.25) is 11.3 Å². The third-order valence-corrected chi connectivity index (χ3v) is 3.90. The molecule has 0 aromatic carbocycles. The maximum atomic E-state index is 5.64. The molecule has 1 fully saturated rings. The lowest BCUT2D eigenvalue weighted by atomic mass is 9.75. The van der Waals surface area contributed by atoms with Gasteiger partial charge >= 0.3 is 0 Å². The smallest absolute Gasteiger partial charge is 0.109 e. The highest BCUT2D eigenvalue weighted by Crippen LogP contribution is 2.39. The molecule has 1 heterocycles. The fourth-order valence-corrected chi connectivity index (χ4v) is 2.52. The lowest BCUT2D eigenvalue weighted by Crippen LogP contribution is -2.48. The Hall–Kier alpha value is -0.910. The van der Waals surface area contributed by atoms with Crippen LogP contribution in [0.3, 0.4) is 0 Å². The van der Waals surface area contributed by atoms with Crippen molar-refractivity contribution in [2.45, 2.75) is 43.7 Å². The average Bonchev–Trinajstić information content (AvgIpc) is 2.68. The molecular weight excluding hydrogens is 216 g/mol. The van der Waals surface area contributed by atoms with Crippen molar-refractivity contribution in [3.8, 4) is 0 Å². The van der Waals surface area contributed by atoms with Crippen LogP contribution in [0.25, 0.3) is 0 Å². The summed E-state index contributed by atoms with van der Waals surface area (Å²) < 4.78 is 7.67. The van der Waals surface area contributed by atoms with Crippen LogP contribution < -0.4 is 11.3 Å². The van der Waals surface area contributed by atoms with Crippen LogP contribution >= 0.6 is 0 Å². The van der Waals surface area contributed by atoms with Crippen LogP contribution in [-0.2, 0) is 18.2 Å². The van der Waals surface area contributed by atoms with E-state index in [9.17, 15) is 0 Å². The number of aromatic nitrogens is 2. The SMILES string of the molecule is COC1(CC(Cc2nccn2C)NN)CCC1. The Morgan fingerprint density at radius 2 is 2.41 bits per heavy atom. The highest BCUT2D eigenvalue weighted by atomic mass is 16.5. The van der Waals surface area contributed by atoms with Gasteiger partial charge in [0.15, 0.2) is 0 Å². The summed E-state index contributed by atoms with van der Waals surface area (Å²) >= 11 is 0. The fourth-order valence-electron chi connectivity index (χ4n) is 2.52. The normalized spacial score (nSPS) is 19.9. The fraction of sp³-hybridized carbons (Fsp3) is 0.750. The molecule has 5 nitrogen and oxygen atoms in total. The number of ether oxygens (including phenoxy) is 1. The van der Waals surface area contributed by atoms with Crippen LogP contribution in [0.5, 0.6) is 0 Å². The predicted octanol–water partition coefficient (Wildman–Crippen LogP) is 0.754. The minimum atomic E-state index is 0.0439. The molecule has 1 aliphatic rings. The van der Waals surface area contributed by atoms with Crippen molar-refractivity contribution in [3.05, 3.63) is 18.2 Å². The molecule has 0 aliphatic heterocycles. The molecule has 0 bridgehead atoms. The standard InChI is InChI=1S/C12H22N4O/c1-16-7-6-14-11(16)8-10(15-13)9-12(17-2)4-3-5-12/h6-7,10,15H,3-5,8-9,13H2,1-2H3. The van der Waals surface area contributed by atoms with Gasteiger partial charge in [0.1, 0.15) is 5.82 Å². The van der Waals surface area contributed by atoms with Crippen LogP contribution in [0, 0.1) is 0 Å². The van der Waals surface area contributed by atoms with Gasteiger partial charge in [0.2, 0.25) is 0 Å². The molecule has 1 atom stereocenters. The molecule has 1 aliphatic carbocycles. The Kier molecular flexibility index (Phi) is 3.81. The second-order valence-corrected chi connectivity index (χ2v) is 4.97. The number of imidazole rings is 1. The molecule has 0 radical (unpaired) electrons. The lowest BCUT2D eigenvalue weighted by molar-refractivity contribution is -0.0835. The number of hydrogen-bond donors (Lipinski definition) is 2. The first kappa shape index (κ1) is 12.5. The molecule has 1 aromatic rings. The van der Waals surface area contributed by atoms with E-state index in [1.165, 1.54) is 6.42 Å². The van der Waals surface area contributed by atoms with Crippen LogP contribution in [-0.4, -0.2) is 28.3 Å². The van der Waals surface area contributed by atoms with Crippen LogP contribution in [0.15, 0.2) is 12.4 Å². The summed E-state index contributed by atoms with van der Waals surface area (Å²) in [7, 11) is 3.80. The Bertz CT molecular complexity index is 354. The van der Waals surface area contributed by atoms with Crippen molar-refractivity contribution in [3.63, 3.8) is 0 Å². The first-order valence-electron chi connectivity index (χ1n) is 6.16. The predicted molar refractivity (Wildman–Crippen MR) is 66.2 cm³/mol. The summed E-state index contributed by atoms with van der Waals surface area (Å²) in [6.45, 7) is 0. The van der Waals surface area contributed by atoms with E-state index in [2.05, 4.69) is 10.4 Å². The van der Waals surface area contributed by atoms with E-state index in [1.54, 1.807) is 7.11 Å². The molecule has 3 N–H and O–H groups in total. The number of nitrogens with two attached hydrogens (primary N) is 1. The van der Waals surface area contributed by atoms with Crippen molar-refractivity contribution in [2.24, 2.45) is 12.9 Å². The minimum absolute atomic E-state index is 0.0439. The Balaban J connectivity index is 1.95. The number of nitrogens with zero attached hydrogens (tertiary/aromatic N) is 2. The Morgan fingerprint density at radius 3 is 2.82 bits per heavy atom. The highest BCUT2D eigenvalue weighted by molar-refractivity contribution is 4.98. The van der Waals surface area contributed by atoms with E-state index >= 15 is 0 Å². The van der Waals surface area contributed by atoms with Gasteiger partial charge in [-0.15, -0.1) is 0 Å². The Morgan fingerprint density at radius 1 is 1.65 bits per heavy atom. The largest absolute Gasteiger partial charge is 0.378 e. The van der Waals surface area contributed by atoms with E-state index in [-0.39, 0.29) is 11.6 Å². The monoisotopic (exact) mass is 238 g/mol. The number of hydrazine groups is 1. The summed E-state index contributed by atoms with van der Waals surface area (Å²) in [5.41, 5.74) is 2.94. The molecule has 5 heteroatoms. The molecule has 0 amide bonds. The van der Waals surface area contributed by atoms with Crippen LogP contribution in [0.1, 0.15) is 31.5 Å². The van der Waals surface area contributed by atoms with E-state index in [4.69, 9.17) is 10.6 Å². The zero-order valence-electron chi connectivity index (χ0n) is 10.6. The van der Waals surface area contributed by atoms with Crippen molar-refractivity contribution >= 4 is 0 Å². The van der Waals surface area contributed by atoms with E-state index in [1.807, 2.05) is 24.0 Å². The third-order valence-electron chi connectivity index (χ3n) is 3.90. The van der Waals surface area contributed by atoms with Gasteiger partial charge in [0, 0.05) is 39.0 Å². The van der Waals surface area contributed by atoms with Crippen molar-refractivity contribution in [1.29, 1.82) is 0 Å². The van der Waals surface area contributed by atoms with Crippen LogP contribution in [0.2, 0.25) is 0 Å². The molecule has 0 spiro atoms. The van der Waals surface area contributed by atoms with Gasteiger partial charge < -0.3 is 9.30 Å². The molecule has 96 valence electrons. The van der Waals surface area contributed by atoms with Gasteiger partial charge in [0.05, 0.1) is 5.60 Å². The molecule has 2 rings (SSSR count). The number of aryl methyl sites for hydroxylation is 1. The number of methoxy groups -OCH3 is 1. The Labute approximate surface area is 102 Å². The van der Waals surface area contributed by atoms with Gasteiger partial charge in [-0.1, -0.05) is 0 Å². The summed E-state index contributed by atoms with van der Waals surface area (Å²) in [5, 5.41) is 0. The molecule has 0 saturated heterocycles. The lowest BCUT2D eigenvalue weighted by Gasteiger charge is -2.42. The van der Waals surface area contributed by atoms with Crippen molar-refractivity contribution in [2.75, 3.05) is 7.11 Å². The van der Waals surface area contributed by atoms with Crippen molar-refractivity contribution < 1.29 is 4.74 Å². The minimum Gasteiger partial charge on any atom is -0.378 e. The highest BCUT2D eigenvalue weighted by Gasteiger charge is 2.39. The molecule has 1 saturated carbocycles. The summed E-state index contributed by atoms with van der Waals surface area (Å²) in [6.07, 6.45) is 9.10. The second-order valence-electron chi connectivity index (χ2n) is 4.97. The number of rotatable bonds is 6. The average molecular weight is 238 g/mol. The molecule has 1 unspecified atom stereocenters. The summed E-state index contributed by atoms with van der Waals surface area (Å²) in [5.74, 6) is 6.69. The van der Waals surface area contributed by atoms with Gasteiger partial charge in [-0.2, -0.15) is 0 Å². The topological polar surface area (TPSA) is 65.1 Å². The first-order valence-corrected chi connectivity index (χ1v) is 6.16. The molecule has 17 heavy (non-hydrogen) atoms. The van der Waals surface area contributed by atoms with Gasteiger partial charge in [-0.05, 0) is 25.7 Å². The summed E-state index contributed by atoms with van der Waals surface area (Å²) in [6, 6.07) is 0.219. The van der Waals surface area contributed by atoms with Crippen LogP contribution in [0.4, 0.5) is 0 Å². The second kappa shape index (κ2) is 5.16. The number of nitrogens with one attached hydrogen (secondary N) is 1. The van der Waals surface area contributed by atoms with E-state index < -0.39 is 0 Å². The first-order chi connectivity index (χ1) is 8.19. The maximum Gasteiger partial charge on any atom is 0.109 e. The van der Waals surface area contributed by atoms with Gasteiger partial charge in [0.25, 0.3) is 0 Å². The van der Waals surface area contributed by atoms with E-state index in [0.29, 0.717) is 0 Å². The van der Waals surface area contributed by atoms with E-state index in [0.717, 1.165) is 31.5 Å².